The molecule has 0 atom stereocenters. The summed E-state index contributed by atoms with van der Waals surface area (Å²) in [5.74, 6) is 0.894. The monoisotopic (exact) mass is 300 g/mol. The van der Waals surface area contributed by atoms with Crippen LogP contribution in [0.3, 0.4) is 0 Å². The molecule has 86 valence electrons. The Hall–Kier alpha value is -0.810. The fraction of sp³-hybridized carbons (Fsp3) is 0.364. The smallest absolute Gasteiger partial charge is 0.181 e. The zero-order chi connectivity index (χ0) is 11.4. The lowest BCUT2D eigenvalue weighted by Crippen LogP contribution is -1.97. The number of alkyl halides is 1. The number of nitrogen functional groups attached to an aromatic ring is 1. The van der Waals surface area contributed by atoms with E-state index < -0.39 is 0 Å². The maximum atomic E-state index is 5.64. The number of anilines is 1. The number of aromatic nitrogens is 1. The Balaban J connectivity index is 2.02. The molecular weight excluding hydrogens is 288 g/mol. The molecule has 0 saturated carbocycles. The molecule has 0 saturated heterocycles. The van der Waals surface area contributed by atoms with E-state index in [1.807, 2.05) is 18.2 Å². The lowest BCUT2D eigenvalue weighted by atomic mass is 10.3. The number of hydrogen-bond donors (Lipinski definition) is 1. The fourth-order valence-corrected chi connectivity index (χ4v) is 2.56. The molecule has 5 heteroatoms. The van der Waals surface area contributed by atoms with E-state index in [-0.39, 0.29) is 0 Å². The summed E-state index contributed by atoms with van der Waals surface area (Å²) in [6.07, 6.45) is 2.20. The molecule has 0 amide bonds. The summed E-state index contributed by atoms with van der Waals surface area (Å²) in [5.41, 5.74) is 6.58. The first-order valence-corrected chi connectivity index (χ1v) is 7.08. The number of benzene rings is 1. The Bertz CT molecular complexity index is 472. The summed E-state index contributed by atoms with van der Waals surface area (Å²) >= 11 is 4.88. The molecule has 0 fully saturated rings. The molecule has 0 aliphatic carbocycles. The SMILES string of the molecule is Nc1nc2ccc(OCCCCBr)cc2s1. The third-order valence-electron chi connectivity index (χ3n) is 2.17. The van der Waals surface area contributed by atoms with Crippen LogP contribution in [0.1, 0.15) is 12.8 Å². The summed E-state index contributed by atoms with van der Waals surface area (Å²) in [5, 5.41) is 1.63. The Morgan fingerprint density at radius 1 is 1.38 bits per heavy atom. The van der Waals surface area contributed by atoms with E-state index in [9.17, 15) is 0 Å². The van der Waals surface area contributed by atoms with Crippen molar-refractivity contribution in [1.29, 1.82) is 0 Å². The second-order valence-corrected chi connectivity index (χ2v) is 5.28. The van der Waals surface area contributed by atoms with Crippen molar-refractivity contribution in [3.63, 3.8) is 0 Å². The van der Waals surface area contributed by atoms with Crippen LogP contribution < -0.4 is 10.5 Å². The molecule has 3 nitrogen and oxygen atoms in total. The molecule has 1 aromatic carbocycles. The van der Waals surface area contributed by atoms with Gasteiger partial charge in [0, 0.05) is 5.33 Å². The fourth-order valence-electron chi connectivity index (χ4n) is 1.40. The van der Waals surface area contributed by atoms with Crippen LogP contribution in [-0.2, 0) is 0 Å². The van der Waals surface area contributed by atoms with Gasteiger partial charge in [-0.1, -0.05) is 27.3 Å². The predicted octanol–water partition coefficient (Wildman–Crippen LogP) is 3.43. The molecule has 1 heterocycles. The molecule has 0 unspecified atom stereocenters. The summed E-state index contributed by atoms with van der Waals surface area (Å²) in [7, 11) is 0. The number of hydrogen-bond acceptors (Lipinski definition) is 4. The average Bonchev–Trinajstić information content (AvgIpc) is 2.64. The van der Waals surface area contributed by atoms with Crippen molar-refractivity contribution in [2.75, 3.05) is 17.7 Å². The maximum absolute atomic E-state index is 5.64. The number of unbranched alkanes of at least 4 members (excludes halogenated alkanes) is 1. The van der Waals surface area contributed by atoms with Gasteiger partial charge in [-0.15, -0.1) is 0 Å². The normalized spacial score (nSPS) is 10.8. The molecule has 0 bridgehead atoms. The van der Waals surface area contributed by atoms with Crippen LogP contribution in [0.4, 0.5) is 5.13 Å². The Morgan fingerprint density at radius 2 is 2.25 bits per heavy atom. The van der Waals surface area contributed by atoms with Crippen LogP contribution in [0.5, 0.6) is 5.75 Å². The van der Waals surface area contributed by atoms with Crippen molar-refractivity contribution in [2.45, 2.75) is 12.8 Å². The number of rotatable bonds is 5. The third-order valence-corrected chi connectivity index (χ3v) is 3.58. The minimum absolute atomic E-state index is 0.603. The van der Waals surface area contributed by atoms with Crippen LogP contribution in [0.2, 0.25) is 0 Å². The first-order valence-electron chi connectivity index (χ1n) is 5.14. The highest BCUT2D eigenvalue weighted by Gasteiger charge is 2.02. The Labute approximate surface area is 107 Å². The number of fused-ring (bicyclic) bond motifs is 1. The molecule has 2 N–H and O–H groups in total. The largest absolute Gasteiger partial charge is 0.494 e. The molecular formula is C11H13BrN2OS. The average molecular weight is 301 g/mol. The van der Waals surface area contributed by atoms with E-state index in [0.717, 1.165) is 40.7 Å². The molecule has 0 aliphatic heterocycles. The number of nitrogens with two attached hydrogens (primary N) is 1. The third kappa shape index (κ3) is 2.86. The van der Waals surface area contributed by atoms with Gasteiger partial charge in [0.05, 0.1) is 16.8 Å². The summed E-state index contributed by atoms with van der Waals surface area (Å²) in [6.45, 7) is 0.755. The van der Waals surface area contributed by atoms with Gasteiger partial charge in [-0.25, -0.2) is 4.98 Å². The van der Waals surface area contributed by atoms with Gasteiger partial charge in [0.2, 0.25) is 0 Å². The highest BCUT2D eigenvalue weighted by molar-refractivity contribution is 9.09. The van der Waals surface area contributed by atoms with Crippen molar-refractivity contribution >= 4 is 42.6 Å². The second-order valence-electron chi connectivity index (χ2n) is 3.43. The lowest BCUT2D eigenvalue weighted by Gasteiger charge is -2.04. The number of halogens is 1. The van der Waals surface area contributed by atoms with Crippen molar-refractivity contribution in [2.24, 2.45) is 0 Å². The minimum Gasteiger partial charge on any atom is -0.494 e. The van der Waals surface area contributed by atoms with Crippen LogP contribution in [-0.4, -0.2) is 16.9 Å². The van der Waals surface area contributed by atoms with Gasteiger partial charge in [0.1, 0.15) is 5.75 Å². The Morgan fingerprint density at radius 3 is 3.06 bits per heavy atom. The van der Waals surface area contributed by atoms with E-state index in [1.54, 1.807) is 0 Å². The van der Waals surface area contributed by atoms with Crippen molar-refractivity contribution in [3.8, 4) is 5.75 Å². The van der Waals surface area contributed by atoms with E-state index in [2.05, 4.69) is 20.9 Å². The highest BCUT2D eigenvalue weighted by Crippen LogP contribution is 2.27. The molecule has 2 rings (SSSR count). The van der Waals surface area contributed by atoms with Crippen LogP contribution >= 0.6 is 27.3 Å². The summed E-state index contributed by atoms with van der Waals surface area (Å²) in [6, 6.07) is 5.88. The first-order chi connectivity index (χ1) is 7.79. The topological polar surface area (TPSA) is 48.1 Å². The minimum atomic E-state index is 0.603. The maximum Gasteiger partial charge on any atom is 0.181 e. The zero-order valence-electron chi connectivity index (χ0n) is 8.78. The van der Waals surface area contributed by atoms with Crippen molar-refractivity contribution in [3.05, 3.63) is 18.2 Å². The zero-order valence-corrected chi connectivity index (χ0v) is 11.2. The van der Waals surface area contributed by atoms with Gasteiger partial charge >= 0.3 is 0 Å². The van der Waals surface area contributed by atoms with Crippen molar-refractivity contribution in [1.82, 2.24) is 4.98 Å². The van der Waals surface area contributed by atoms with E-state index >= 15 is 0 Å². The van der Waals surface area contributed by atoms with Crippen molar-refractivity contribution < 1.29 is 4.74 Å². The number of thiazole rings is 1. The summed E-state index contributed by atoms with van der Waals surface area (Å²) < 4.78 is 6.72. The van der Waals surface area contributed by atoms with Crippen LogP contribution in [0, 0.1) is 0 Å². The van der Waals surface area contributed by atoms with E-state index in [0.29, 0.717) is 5.13 Å². The number of nitrogens with zero attached hydrogens (tertiary/aromatic N) is 1. The molecule has 2 aromatic rings. The van der Waals surface area contributed by atoms with Gasteiger partial charge in [0.15, 0.2) is 5.13 Å². The highest BCUT2D eigenvalue weighted by atomic mass is 79.9. The Kier molecular flexibility index (Phi) is 4.01. The standard InChI is InChI=1S/C11H13BrN2OS/c12-5-1-2-6-15-8-3-4-9-10(7-8)16-11(13)14-9/h3-4,7H,1-2,5-6H2,(H2,13,14). The quantitative estimate of drug-likeness (QED) is 0.680. The van der Waals surface area contributed by atoms with Gasteiger partial charge in [-0.3, -0.25) is 0 Å². The van der Waals surface area contributed by atoms with E-state index in [4.69, 9.17) is 10.5 Å². The van der Waals surface area contributed by atoms with E-state index in [1.165, 1.54) is 11.3 Å². The molecule has 1 aromatic heterocycles. The van der Waals surface area contributed by atoms with Gasteiger partial charge in [-0.05, 0) is 31.0 Å². The van der Waals surface area contributed by atoms with Crippen LogP contribution in [0.15, 0.2) is 18.2 Å². The molecule has 16 heavy (non-hydrogen) atoms. The van der Waals surface area contributed by atoms with Gasteiger partial charge < -0.3 is 10.5 Å². The molecule has 0 aliphatic rings. The second kappa shape index (κ2) is 5.50. The molecule has 0 spiro atoms. The lowest BCUT2D eigenvalue weighted by molar-refractivity contribution is 0.310. The molecule has 0 radical (unpaired) electrons. The van der Waals surface area contributed by atoms with Gasteiger partial charge in [0.25, 0.3) is 0 Å². The van der Waals surface area contributed by atoms with Crippen LogP contribution in [0.25, 0.3) is 10.2 Å². The van der Waals surface area contributed by atoms with Gasteiger partial charge in [-0.2, -0.15) is 0 Å². The predicted molar refractivity (Wildman–Crippen MR) is 72.6 cm³/mol. The summed E-state index contributed by atoms with van der Waals surface area (Å²) in [4.78, 5) is 4.20. The number of ether oxygens (including phenoxy) is 1. The first kappa shape index (κ1) is 11.7.